The van der Waals surface area contributed by atoms with Gasteiger partial charge in [-0.3, -0.25) is 0 Å². The van der Waals surface area contributed by atoms with Crippen molar-refractivity contribution >= 4 is 23.1 Å². The third-order valence-corrected chi connectivity index (χ3v) is 3.75. The first-order chi connectivity index (χ1) is 12.0. The summed E-state index contributed by atoms with van der Waals surface area (Å²) in [4.78, 5) is 16.3. The molecule has 1 aromatic heterocycles. The van der Waals surface area contributed by atoms with E-state index in [9.17, 15) is 9.18 Å². The SMILES string of the molecule is C=C(Cn1ccnc1)c1cc(F)ccc1OC(=O)c1cccc(Cl)c1. The van der Waals surface area contributed by atoms with Gasteiger partial charge in [-0.15, -0.1) is 0 Å². The average molecular weight is 357 g/mol. The molecule has 0 radical (unpaired) electrons. The van der Waals surface area contributed by atoms with E-state index < -0.39 is 11.8 Å². The molecule has 0 spiro atoms. The first-order valence-corrected chi connectivity index (χ1v) is 7.82. The van der Waals surface area contributed by atoms with Crippen molar-refractivity contribution in [2.24, 2.45) is 0 Å². The standard InChI is InChI=1S/C19H14ClFN2O2/c1-13(11-23-8-7-22-12-23)17-10-16(21)5-6-18(17)25-19(24)14-3-2-4-15(20)9-14/h2-10,12H,1,11H2. The average Bonchev–Trinajstić information content (AvgIpc) is 3.09. The van der Waals surface area contributed by atoms with Gasteiger partial charge in [-0.25, -0.2) is 14.2 Å². The van der Waals surface area contributed by atoms with Crippen LogP contribution >= 0.6 is 11.6 Å². The quantitative estimate of drug-likeness (QED) is 0.495. The molecule has 2 aromatic carbocycles. The molecule has 25 heavy (non-hydrogen) atoms. The van der Waals surface area contributed by atoms with Crippen LogP contribution in [0.25, 0.3) is 5.57 Å². The molecular formula is C19H14ClFN2O2. The van der Waals surface area contributed by atoms with E-state index >= 15 is 0 Å². The molecule has 0 saturated heterocycles. The Kier molecular flexibility index (Phi) is 4.95. The van der Waals surface area contributed by atoms with Crippen molar-refractivity contribution in [3.8, 4) is 5.75 Å². The number of rotatable bonds is 5. The molecule has 0 saturated carbocycles. The highest BCUT2D eigenvalue weighted by Crippen LogP contribution is 2.28. The number of carbonyl (C=O) groups excluding carboxylic acids is 1. The zero-order valence-electron chi connectivity index (χ0n) is 13.2. The van der Waals surface area contributed by atoms with Crippen molar-refractivity contribution in [3.63, 3.8) is 0 Å². The number of halogens is 2. The van der Waals surface area contributed by atoms with Crippen molar-refractivity contribution in [2.75, 3.05) is 0 Å². The van der Waals surface area contributed by atoms with E-state index in [1.807, 2.05) is 0 Å². The topological polar surface area (TPSA) is 44.1 Å². The maximum absolute atomic E-state index is 13.7. The third-order valence-electron chi connectivity index (χ3n) is 3.52. The Balaban J connectivity index is 1.86. The van der Waals surface area contributed by atoms with E-state index in [1.165, 1.54) is 24.3 Å². The Hall–Kier alpha value is -2.92. The fourth-order valence-corrected chi connectivity index (χ4v) is 2.52. The summed E-state index contributed by atoms with van der Waals surface area (Å²) in [6.45, 7) is 4.36. The van der Waals surface area contributed by atoms with E-state index in [1.54, 1.807) is 41.5 Å². The molecule has 0 aliphatic rings. The van der Waals surface area contributed by atoms with Gasteiger partial charge < -0.3 is 9.30 Å². The normalized spacial score (nSPS) is 10.5. The maximum Gasteiger partial charge on any atom is 0.343 e. The second kappa shape index (κ2) is 7.32. The fraction of sp³-hybridized carbons (Fsp3) is 0.0526. The van der Waals surface area contributed by atoms with Crippen molar-refractivity contribution in [1.29, 1.82) is 0 Å². The molecule has 1 heterocycles. The van der Waals surface area contributed by atoms with Gasteiger partial charge in [0.05, 0.1) is 11.9 Å². The maximum atomic E-state index is 13.7. The van der Waals surface area contributed by atoms with Crippen molar-refractivity contribution in [3.05, 3.63) is 89.7 Å². The lowest BCUT2D eigenvalue weighted by molar-refractivity contribution is 0.0734. The lowest BCUT2D eigenvalue weighted by atomic mass is 10.1. The molecule has 4 nitrogen and oxygen atoms in total. The Bertz CT molecular complexity index is 923. The predicted molar refractivity (Wildman–Crippen MR) is 94.1 cm³/mol. The summed E-state index contributed by atoms with van der Waals surface area (Å²) in [5, 5.41) is 0.429. The summed E-state index contributed by atoms with van der Waals surface area (Å²) in [5.74, 6) is -0.786. The van der Waals surface area contributed by atoms with Crippen LogP contribution in [0.2, 0.25) is 5.02 Å². The monoisotopic (exact) mass is 356 g/mol. The van der Waals surface area contributed by atoms with Gasteiger partial charge in [0.15, 0.2) is 0 Å². The molecule has 126 valence electrons. The molecule has 0 N–H and O–H groups in total. The Morgan fingerprint density at radius 2 is 2.12 bits per heavy atom. The van der Waals surface area contributed by atoms with Crippen LogP contribution in [0.3, 0.4) is 0 Å². The van der Waals surface area contributed by atoms with Gasteiger partial charge in [-0.2, -0.15) is 0 Å². The number of ether oxygens (including phenoxy) is 1. The summed E-state index contributed by atoms with van der Waals surface area (Å²) >= 11 is 5.89. The lowest BCUT2D eigenvalue weighted by Gasteiger charge is -2.13. The van der Waals surface area contributed by atoms with Gasteiger partial charge in [-0.05, 0) is 42.0 Å². The van der Waals surface area contributed by atoms with E-state index in [-0.39, 0.29) is 5.75 Å². The highest BCUT2D eigenvalue weighted by molar-refractivity contribution is 6.30. The molecule has 0 unspecified atom stereocenters. The van der Waals surface area contributed by atoms with Crippen LogP contribution < -0.4 is 4.74 Å². The number of nitrogens with zero attached hydrogens (tertiary/aromatic N) is 2. The van der Waals surface area contributed by atoms with Gasteiger partial charge in [0, 0.05) is 29.5 Å². The fourth-order valence-electron chi connectivity index (χ4n) is 2.33. The summed E-state index contributed by atoms with van der Waals surface area (Å²) in [5.41, 5.74) is 1.32. The third kappa shape index (κ3) is 4.14. The van der Waals surface area contributed by atoms with E-state index in [4.69, 9.17) is 16.3 Å². The Morgan fingerprint density at radius 1 is 1.28 bits per heavy atom. The number of aromatic nitrogens is 2. The van der Waals surface area contributed by atoms with Crippen molar-refractivity contribution in [2.45, 2.75) is 6.54 Å². The molecule has 3 rings (SSSR count). The van der Waals surface area contributed by atoms with Crippen LogP contribution in [0.4, 0.5) is 4.39 Å². The largest absolute Gasteiger partial charge is 0.422 e. The lowest BCUT2D eigenvalue weighted by Crippen LogP contribution is -2.10. The minimum absolute atomic E-state index is 0.233. The van der Waals surface area contributed by atoms with Crippen LogP contribution in [0.1, 0.15) is 15.9 Å². The number of hydrogen-bond donors (Lipinski definition) is 0. The van der Waals surface area contributed by atoms with Crippen LogP contribution in [0.5, 0.6) is 5.75 Å². The number of carbonyl (C=O) groups is 1. The smallest absolute Gasteiger partial charge is 0.343 e. The Morgan fingerprint density at radius 3 is 2.84 bits per heavy atom. The molecule has 0 bridgehead atoms. The van der Waals surface area contributed by atoms with Gasteiger partial charge >= 0.3 is 5.97 Å². The van der Waals surface area contributed by atoms with Gasteiger partial charge in [0.25, 0.3) is 0 Å². The summed E-state index contributed by atoms with van der Waals surface area (Å²) in [6, 6.07) is 10.4. The second-order valence-electron chi connectivity index (χ2n) is 5.38. The van der Waals surface area contributed by atoms with Crippen LogP contribution in [-0.2, 0) is 6.54 Å². The number of esters is 1. The van der Waals surface area contributed by atoms with Crippen molar-refractivity contribution < 1.29 is 13.9 Å². The van der Waals surface area contributed by atoms with Crippen LogP contribution in [0, 0.1) is 5.82 Å². The molecule has 3 aromatic rings. The van der Waals surface area contributed by atoms with Gasteiger partial charge in [-0.1, -0.05) is 24.2 Å². The molecule has 0 atom stereocenters. The molecular weight excluding hydrogens is 343 g/mol. The summed E-state index contributed by atoms with van der Waals surface area (Å²) < 4.78 is 20.9. The first kappa shape index (κ1) is 16.9. The molecule has 0 aliphatic carbocycles. The highest BCUT2D eigenvalue weighted by atomic mass is 35.5. The van der Waals surface area contributed by atoms with Crippen LogP contribution in [0.15, 0.2) is 67.8 Å². The van der Waals surface area contributed by atoms with E-state index in [0.29, 0.717) is 28.3 Å². The Labute approximate surface area is 149 Å². The molecule has 0 aliphatic heterocycles. The number of hydrogen-bond acceptors (Lipinski definition) is 3. The molecule has 6 heteroatoms. The number of benzene rings is 2. The van der Waals surface area contributed by atoms with Gasteiger partial charge in [0.2, 0.25) is 0 Å². The predicted octanol–water partition coefficient (Wildman–Crippen LogP) is 4.61. The highest BCUT2D eigenvalue weighted by Gasteiger charge is 2.15. The zero-order chi connectivity index (χ0) is 17.8. The summed E-state index contributed by atoms with van der Waals surface area (Å²) in [6.07, 6.45) is 5.03. The van der Waals surface area contributed by atoms with Gasteiger partial charge in [0.1, 0.15) is 11.6 Å². The van der Waals surface area contributed by atoms with E-state index in [2.05, 4.69) is 11.6 Å². The van der Waals surface area contributed by atoms with Crippen LogP contribution in [-0.4, -0.2) is 15.5 Å². The van der Waals surface area contributed by atoms with Crippen molar-refractivity contribution in [1.82, 2.24) is 9.55 Å². The first-order valence-electron chi connectivity index (χ1n) is 7.44. The minimum atomic E-state index is -0.578. The summed E-state index contributed by atoms with van der Waals surface area (Å²) in [7, 11) is 0. The molecule has 0 fully saturated rings. The molecule has 0 amide bonds. The number of imidazole rings is 1. The second-order valence-corrected chi connectivity index (χ2v) is 5.82. The number of allylic oxidation sites excluding steroid dienone is 1. The van der Waals surface area contributed by atoms with E-state index in [0.717, 1.165) is 0 Å². The minimum Gasteiger partial charge on any atom is -0.422 e. The zero-order valence-corrected chi connectivity index (χ0v) is 13.9.